The fourth-order valence-corrected chi connectivity index (χ4v) is 2.92. The summed E-state index contributed by atoms with van der Waals surface area (Å²) in [6, 6.07) is 0. The zero-order chi connectivity index (χ0) is 15.2. The molecular weight excluding hydrogens is 304 g/mol. The molecule has 6 nitrogen and oxygen atoms in total. The van der Waals surface area contributed by atoms with Crippen LogP contribution in [0.4, 0.5) is 0 Å². The molecule has 0 unspecified atom stereocenters. The molecule has 0 aromatic rings. The van der Waals surface area contributed by atoms with Crippen molar-refractivity contribution >= 4 is 20.2 Å². The topological polar surface area (TPSA) is 86.7 Å². The lowest BCUT2D eigenvalue weighted by atomic mass is 9.90. The number of rotatable bonds is 7. The Morgan fingerprint density at radius 2 is 1.50 bits per heavy atom. The van der Waals surface area contributed by atoms with E-state index in [1.54, 1.807) is 0 Å². The maximum atomic E-state index is 11.1. The highest BCUT2D eigenvalue weighted by atomic mass is 32.2. The summed E-state index contributed by atoms with van der Waals surface area (Å²) < 4.78 is 53.6. The SMILES string of the molecule is CS(=O)(=O)OCCC(COS(C)(=O)=O)=C1CCCCC1. The third-order valence-electron chi connectivity index (χ3n) is 3.11. The average molecular weight is 326 g/mol. The molecule has 0 heterocycles. The first kappa shape index (κ1) is 17.6. The molecule has 1 saturated carbocycles. The van der Waals surface area contributed by atoms with Crippen molar-refractivity contribution in [1.82, 2.24) is 0 Å². The van der Waals surface area contributed by atoms with Crippen molar-refractivity contribution < 1.29 is 25.2 Å². The van der Waals surface area contributed by atoms with Crippen molar-refractivity contribution in [2.75, 3.05) is 25.7 Å². The van der Waals surface area contributed by atoms with Crippen LogP contribution in [-0.4, -0.2) is 42.6 Å². The Hall–Kier alpha value is -0.440. The van der Waals surface area contributed by atoms with Crippen LogP contribution < -0.4 is 0 Å². The van der Waals surface area contributed by atoms with Gasteiger partial charge in [-0.25, -0.2) is 0 Å². The van der Waals surface area contributed by atoms with E-state index in [0.717, 1.165) is 43.8 Å². The van der Waals surface area contributed by atoms with Gasteiger partial charge in [0.25, 0.3) is 20.2 Å². The minimum atomic E-state index is -3.50. The van der Waals surface area contributed by atoms with Crippen molar-refractivity contribution in [3.05, 3.63) is 11.1 Å². The fourth-order valence-electron chi connectivity index (χ4n) is 2.18. The maximum Gasteiger partial charge on any atom is 0.264 e. The van der Waals surface area contributed by atoms with Gasteiger partial charge in [-0.15, -0.1) is 0 Å². The summed E-state index contributed by atoms with van der Waals surface area (Å²) in [4.78, 5) is 0. The van der Waals surface area contributed by atoms with Crippen LogP contribution in [-0.2, 0) is 28.6 Å². The molecule has 118 valence electrons. The molecule has 0 spiro atoms. The highest BCUT2D eigenvalue weighted by Gasteiger charge is 2.14. The Morgan fingerprint density at radius 1 is 0.950 bits per heavy atom. The summed E-state index contributed by atoms with van der Waals surface area (Å²) in [5, 5.41) is 0. The van der Waals surface area contributed by atoms with E-state index in [1.165, 1.54) is 12.0 Å². The second kappa shape index (κ2) is 7.53. The Morgan fingerprint density at radius 3 is 2.00 bits per heavy atom. The van der Waals surface area contributed by atoms with Gasteiger partial charge < -0.3 is 0 Å². The highest BCUT2D eigenvalue weighted by molar-refractivity contribution is 7.86. The van der Waals surface area contributed by atoms with Gasteiger partial charge in [0.05, 0.1) is 25.7 Å². The Kier molecular flexibility index (Phi) is 6.63. The molecule has 0 aliphatic heterocycles. The van der Waals surface area contributed by atoms with E-state index in [9.17, 15) is 16.8 Å². The van der Waals surface area contributed by atoms with Gasteiger partial charge in [0.15, 0.2) is 0 Å². The van der Waals surface area contributed by atoms with Crippen molar-refractivity contribution in [2.45, 2.75) is 38.5 Å². The standard InChI is InChI=1S/C12H22O6S2/c1-19(13,14)17-9-8-12(10-18-20(2,15)16)11-6-4-3-5-7-11/h3-10H2,1-2H3. The molecule has 0 N–H and O–H groups in total. The quantitative estimate of drug-likeness (QED) is 0.521. The lowest BCUT2D eigenvalue weighted by Crippen LogP contribution is -2.12. The summed E-state index contributed by atoms with van der Waals surface area (Å²) in [5.74, 6) is 0. The molecule has 0 amide bonds. The first-order valence-electron chi connectivity index (χ1n) is 6.56. The van der Waals surface area contributed by atoms with E-state index >= 15 is 0 Å². The van der Waals surface area contributed by atoms with Gasteiger partial charge in [-0.3, -0.25) is 8.37 Å². The van der Waals surface area contributed by atoms with Gasteiger partial charge >= 0.3 is 0 Å². The van der Waals surface area contributed by atoms with Crippen LogP contribution in [0.5, 0.6) is 0 Å². The molecule has 0 aromatic carbocycles. The van der Waals surface area contributed by atoms with Gasteiger partial charge in [0.1, 0.15) is 0 Å². The van der Waals surface area contributed by atoms with Crippen LogP contribution in [0.15, 0.2) is 11.1 Å². The predicted molar refractivity (Wildman–Crippen MR) is 76.3 cm³/mol. The number of hydrogen-bond donors (Lipinski definition) is 0. The summed E-state index contributed by atoms with van der Waals surface area (Å²) in [6.45, 7) is 0.00603. The molecule has 20 heavy (non-hydrogen) atoms. The van der Waals surface area contributed by atoms with E-state index in [0.29, 0.717) is 6.42 Å². The van der Waals surface area contributed by atoms with Gasteiger partial charge in [-0.2, -0.15) is 16.8 Å². The van der Waals surface area contributed by atoms with Gasteiger partial charge in [0.2, 0.25) is 0 Å². The zero-order valence-electron chi connectivity index (χ0n) is 11.9. The zero-order valence-corrected chi connectivity index (χ0v) is 13.6. The number of hydrogen-bond acceptors (Lipinski definition) is 6. The smallest absolute Gasteiger partial charge is 0.264 e. The molecule has 1 aliphatic rings. The lowest BCUT2D eigenvalue weighted by molar-refractivity contribution is 0.304. The number of allylic oxidation sites excluding steroid dienone is 1. The normalized spacial score (nSPS) is 17.2. The van der Waals surface area contributed by atoms with E-state index in [-0.39, 0.29) is 13.2 Å². The van der Waals surface area contributed by atoms with Crippen LogP contribution in [0.1, 0.15) is 38.5 Å². The molecule has 0 atom stereocenters. The second-order valence-corrected chi connectivity index (χ2v) is 8.30. The fraction of sp³-hybridized carbons (Fsp3) is 0.833. The average Bonchev–Trinajstić information content (AvgIpc) is 2.32. The Labute approximate surface area is 121 Å². The van der Waals surface area contributed by atoms with E-state index in [1.807, 2.05) is 0 Å². The predicted octanol–water partition coefficient (Wildman–Crippen LogP) is 1.59. The van der Waals surface area contributed by atoms with Crippen LogP contribution in [0.2, 0.25) is 0 Å². The molecule has 1 fully saturated rings. The highest BCUT2D eigenvalue weighted by Crippen LogP contribution is 2.27. The van der Waals surface area contributed by atoms with Crippen LogP contribution in [0.3, 0.4) is 0 Å². The second-order valence-electron chi connectivity index (χ2n) is 5.01. The van der Waals surface area contributed by atoms with Crippen molar-refractivity contribution in [3.63, 3.8) is 0 Å². The van der Waals surface area contributed by atoms with Gasteiger partial charge in [-0.05, 0) is 37.7 Å². The monoisotopic (exact) mass is 326 g/mol. The van der Waals surface area contributed by atoms with Crippen LogP contribution >= 0.6 is 0 Å². The van der Waals surface area contributed by atoms with Crippen molar-refractivity contribution in [2.24, 2.45) is 0 Å². The van der Waals surface area contributed by atoms with Gasteiger partial charge in [-0.1, -0.05) is 12.0 Å². The molecule has 1 aliphatic carbocycles. The molecular formula is C12H22O6S2. The lowest BCUT2D eigenvalue weighted by Gasteiger charge is -2.19. The molecule has 8 heteroatoms. The molecule has 0 saturated heterocycles. The van der Waals surface area contributed by atoms with E-state index in [4.69, 9.17) is 8.37 Å². The molecule has 0 bridgehead atoms. The summed E-state index contributed by atoms with van der Waals surface area (Å²) in [6.07, 6.45) is 7.52. The maximum absolute atomic E-state index is 11.1. The third kappa shape index (κ3) is 7.98. The van der Waals surface area contributed by atoms with Gasteiger partial charge in [0, 0.05) is 0 Å². The summed E-state index contributed by atoms with van der Waals surface area (Å²) in [7, 11) is -6.98. The first-order chi connectivity index (χ1) is 9.17. The van der Waals surface area contributed by atoms with Crippen molar-refractivity contribution in [3.8, 4) is 0 Å². The minimum Gasteiger partial charge on any atom is -0.270 e. The third-order valence-corrected chi connectivity index (χ3v) is 4.25. The van der Waals surface area contributed by atoms with E-state index < -0.39 is 20.2 Å². The molecule has 1 rings (SSSR count). The van der Waals surface area contributed by atoms with E-state index in [2.05, 4.69) is 0 Å². The molecule has 0 aromatic heterocycles. The van der Waals surface area contributed by atoms with Crippen LogP contribution in [0.25, 0.3) is 0 Å². The minimum absolute atomic E-state index is 0.0126. The largest absolute Gasteiger partial charge is 0.270 e. The Balaban J connectivity index is 2.68. The summed E-state index contributed by atoms with van der Waals surface area (Å²) in [5.41, 5.74) is 2.02. The summed E-state index contributed by atoms with van der Waals surface area (Å²) >= 11 is 0. The first-order valence-corrected chi connectivity index (χ1v) is 10.2. The Bertz CT molecular complexity index is 536. The van der Waals surface area contributed by atoms with Crippen molar-refractivity contribution in [1.29, 1.82) is 0 Å². The molecule has 0 radical (unpaired) electrons. The van der Waals surface area contributed by atoms with Crippen LogP contribution in [0, 0.1) is 0 Å².